The smallest absolute Gasteiger partial charge is 0.258 e. The summed E-state index contributed by atoms with van der Waals surface area (Å²) in [5, 5.41) is 14.5. The SMILES string of the molecule is N#Cc1cc(-c2nc(-c3ccc4[nH]ccc4c3)no2)ccc1CCC=O. The maximum Gasteiger partial charge on any atom is 0.258 e. The summed E-state index contributed by atoms with van der Waals surface area (Å²) in [6.07, 6.45) is 3.66. The first kappa shape index (κ1) is 15.8. The highest BCUT2D eigenvalue weighted by atomic mass is 16.5. The van der Waals surface area contributed by atoms with E-state index in [1.165, 1.54) is 0 Å². The Morgan fingerprint density at radius 1 is 1.15 bits per heavy atom. The number of nitriles is 1. The van der Waals surface area contributed by atoms with Crippen LogP contribution in [-0.2, 0) is 11.2 Å². The van der Waals surface area contributed by atoms with Gasteiger partial charge in [0.05, 0.1) is 11.6 Å². The molecule has 126 valence electrons. The molecule has 0 aliphatic rings. The minimum absolute atomic E-state index is 0.354. The number of hydrogen-bond acceptors (Lipinski definition) is 5. The van der Waals surface area contributed by atoms with E-state index in [1.54, 1.807) is 6.07 Å². The lowest BCUT2D eigenvalue weighted by Crippen LogP contribution is -1.92. The summed E-state index contributed by atoms with van der Waals surface area (Å²) in [6, 6.07) is 15.4. The number of benzene rings is 2. The molecule has 2 aromatic heterocycles. The molecular weight excluding hydrogens is 328 g/mol. The molecule has 0 aliphatic heterocycles. The third kappa shape index (κ3) is 2.87. The lowest BCUT2D eigenvalue weighted by Gasteiger charge is -2.02. The van der Waals surface area contributed by atoms with Crippen molar-refractivity contribution in [2.75, 3.05) is 0 Å². The Morgan fingerprint density at radius 2 is 2.04 bits per heavy atom. The number of carbonyl (C=O) groups is 1. The number of H-pyrrole nitrogens is 1. The van der Waals surface area contributed by atoms with Crippen molar-refractivity contribution in [1.29, 1.82) is 5.26 Å². The molecule has 2 aromatic carbocycles. The maximum absolute atomic E-state index is 10.6. The summed E-state index contributed by atoms with van der Waals surface area (Å²) >= 11 is 0. The standard InChI is InChI=1S/C20H14N4O2/c21-12-17-11-16(4-3-13(17)2-1-9-25)20-23-19(24-26-20)15-5-6-18-14(10-15)7-8-22-18/h3-11,22H,1-2H2. The Hall–Kier alpha value is -3.72. The lowest BCUT2D eigenvalue weighted by atomic mass is 10.0. The number of aldehydes is 1. The van der Waals surface area contributed by atoms with Crippen molar-refractivity contribution in [3.8, 4) is 28.9 Å². The van der Waals surface area contributed by atoms with Crippen molar-refractivity contribution in [3.05, 3.63) is 59.8 Å². The molecule has 6 heteroatoms. The van der Waals surface area contributed by atoms with Crippen LogP contribution in [0.25, 0.3) is 33.7 Å². The number of aryl methyl sites for hydroxylation is 1. The predicted octanol–water partition coefficient (Wildman–Crippen LogP) is 3.89. The fraction of sp³-hybridized carbons (Fsp3) is 0.100. The molecule has 0 saturated heterocycles. The van der Waals surface area contributed by atoms with E-state index in [1.807, 2.05) is 42.6 Å². The Balaban J connectivity index is 1.67. The zero-order valence-electron chi connectivity index (χ0n) is 13.8. The minimum atomic E-state index is 0.354. The van der Waals surface area contributed by atoms with Gasteiger partial charge in [-0.3, -0.25) is 0 Å². The number of rotatable bonds is 5. The zero-order chi connectivity index (χ0) is 17.9. The van der Waals surface area contributed by atoms with Crippen LogP contribution in [0.2, 0.25) is 0 Å². The summed E-state index contributed by atoms with van der Waals surface area (Å²) in [6.45, 7) is 0. The monoisotopic (exact) mass is 342 g/mol. The van der Waals surface area contributed by atoms with Crippen LogP contribution in [0.4, 0.5) is 0 Å². The summed E-state index contributed by atoms with van der Waals surface area (Å²) in [7, 11) is 0. The first-order valence-electron chi connectivity index (χ1n) is 8.17. The van der Waals surface area contributed by atoms with Crippen LogP contribution in [0.3, 0.4) is 0 Å². The van der Waals surface area contributed by atoms with Gasteiger partial charge in [-0.25, -0.2) is 0 Å². The van der Waals surface area contributed by atoms with E-state index in [-0.39, 0.29) is 0 Å². The zero-order valence-corrected chi connectivity index (χ0v) is 13.8. The largest absolute Gasteiger partial charge is 0.361 e. The number of nitrogens with one attached hydrogen (secondary N) is 1. The minimum Gasteiger partial charge on any atom is -0.361 e. The molecule has 26 heavy (non-hydrogen) atoms. The van der Waals surface area contributed by atoms with Crippen LogP contribution in [0, 0.1) is 11.3 Å². The number of aromatic nitrogens is 3. The second-order valence-electron chi connectivity index (χ2n) is 5.89. The normalized spacial score (nSPS) is 10.7. The van der Waals surface area contributed by atoms with Gasteiger partial charge in [-0.2, -0.15) is 10.2 Å². The molecule has 0 saturated carbocycles. The molecule has 4 rings (SSSR count). The highest BCUT2D eigenvalue weighted by Gasteiger charge is 2.13. The fourth-order valence-electron chi connectivity index (χ4n) is 2.90. The van der Waals surface area contributed by atoms with Gasteiger partial charge in [-0.15, -0.1) is 0 Å². The molecule has 0 aliphatic carbocycles. The quantitative estimate of drug-likeness (QED) is 0.555. The van der Waals surface area contributed by atoms with Crippen LogP contribution in [0.15, 0.2) is 53.2 Å². The second-order valence-corrected chi connectivity index (χ2v) is 5.89. The molecule has 4 aromatic rings. The van der Waals surface area contributed by atoms with E-state index in [0.29, 0.717) is 35.7 Å². The van der Waals surface area contributed by atoms with Gasteiger partial charge >= 0.3 is 0 Å². The highest BCUT2D eigenvalue weighted by molar-refractivity contribution is 5.83. The Kier molecular flexibility index (Phi) is 4.04. The summed E-state index contributed by atoms with van der Waals surface area (Å²) in [5.41, 5.74) is 3.92. The summed E-state index contributed by atoms with van der Waals surface area (Å²) in [5.74, 6) is 0.847. The predicted molar refractivity (Wildman–Crippen MR) is 96.1 cm³/mol. The van der Waals surface area contributed by atoms with Crippen molar-refractivity contribution in [3.63, 3.8) is 0 Å². The van der Waals surface area contributed by atoms with Gasteiger partial charge in [0.25, 0.3) is 5.89 Å². The summed E-state index contributed by atoms with van der Waals surface area (Å²) in [4.78, 5) is 18.2. The van der Waals surface area contributed by atoms with Crippen molar-refractivity contribution >= 4 is 17.2 Å². The Labute approximate surface area is 149 Å². The molecule has 0 amide bonds. The van der Waals surface area contributed by atoms with Gasteiger partial charge in [-0.1, -0.05) is 11.2 Å². The highest BCUT2D eigenvalue weighted by Crippen LogP contribution is 2.26. The molecule has 0 spiro atoms. The van der Waals surface area contributed by atoms with Crippen molar-refractivity contribution in [2.24, 2.45) is 0 Å². The average Bonchev–Trinajstić information content (AvgIpc) is 3.34. The molecule has 6 nitrogen and oxygen atoms in total. The molecule has 0 radical (unpaired) electrons. The third-order valence-electron chi connectivity index (χ3n) is 4.25. The maximum atomic E-state index is 10.6. The first-order chi connectivity index (χ1) is 12.8. The second kappa shape index (κ2) is 6.65. The third-order valence-corrected chi connectivity index (χ3v) is 4.25. The van der Waals surface area contributed by atoms with Gasteiger partial charge < -0.3 is 14.3 Å². The van der Waals surface area contributed by atoms with Gasteiger partial charge in [0.15, 0.2) is 0 Å². The number of fused-ring (bicyclic) bond motifs is 1. The van der Waals surface area contributed by atoms with Crippen LogP contribution in [0.5, 0.6) is 0 Å². The van der Waals surface area contributed by atoms with E-state index in [0.717, 1.165) is 28.3 Å². The molecule has 0 atom stereocenters. The fourth-order valence-corrected chi connectivity index (χ4v) is 2.90. The Morgan fingerprint density at radius 3 is 2.88 bits per heavy atom. The first-order valence-corrected chi connectivity index (χ1v) is 8.17. The van der Waals surface area contributed by atoms with E-state index in [9.17, 15) is 10.1 Å². The summed E-state index contributed by atoms with van der Waals surface area (Å²) < 4.78 is 5.38. The van der Waals surface area contributed by atoms with E-state index in [2.05, 4.69) is 21.2 Å². The molecular formula is C20H14N4O2. The molecule has 0 unspecified atom stereocenters. The van der Waals surface area contributed by atoms with Crippen molar-refractivity contribution in [2.45, 2.75) is 12.8 Å². The number of nitrogens with zero attached hydrogens (tertiary/aromatic N) is 3. The van der Waals surface area contributed by atoms with Gasteiger partial charge in [-0.05, 0) is 48.4 Å². The van der Waals surface area contributed by atoms with Gasteiger partial charge in [0.2, 0.25) is 5.82 Å². The molecule has 2 heterocycles. The van der Waals surface area contributed by atoms with Crippen molar-refractivity contribution < 1.29 is 9.32 Å². The lowest BCUT2D eigenvalue weighted by molar-refractivity contribution is -0.107. The Bertz CT molecular complexity index is 1130. The van der Waals surface area contributed by atoms with Gasteiger partial charge in [0, 0.05) is 34.6 Å². The molecule has 0 fully saturated rings. The van der Waals surface area contributed by atoms with E-state index >= 15 is 0 Å². The van der Waals surface area contributed by atoms with Crippen LogP contribution in [0.1, 0.15) is 17.5 Å². The number of aromatic amines is 1. The number of carbonyl (C=O) groups excluding carboxylic acids is 1. The van der Waals surface area contributed by atoms with Crippen LogP contribution < -0.4 is 0 Å². The average molecular weight is 342 g/mol. The van der Waals surface area contributed by atoms with E-state index < -0.39 is 0 Å². The van der Waals surface area contributed by atoms with Crippen LogP contribution >= 0.6 is 0 Å². The molecule has 1 N–H and O–H groups in total. The van der Waals surface area contributed by atoms with Crippen LogP contribution in [-0.4, -0.2) is 21.4 Å². The van der Waals surface area contributed by atoms with E-state index in [4.69, 9.17) is 4.52 Å². The molecule has 0 bridgehead atoms. The topological polar surface area (TPSA) is 95.6 Å². The van der Waals surface area contributed by atoms with Crippen molar-refractivity contribution in [1.82, 2.24) is 15.1 Å². The number of hydrogen-bond donors (Lipinski definition) is 1. The van der Waals surface area contributed by atoms with Gasteiger partial charge in [0.1, 0.15) is 6.29 Å².